The summed E-state index contributed by atoms with van der Waals surface area (Å²) in [5.41, 5.74) is -1.96. The van der Waals surface area contributed by atoms with Gasteiger partial charge in [-0.2, -0.15) is 0 Å². The first-order valence-corrected chi connectivity index (χ1v) is 11.8. The van der Waals surface area contributed by atoms with Gasteiger partial charge in [0.05, 0.1) is 5.69 Å². The van der Waals surface area contributed by atoms with Crippen LogP contribution in [0.4, 0.5) is 20.2 Å². The highest BCUT2D eigenvalue weighted by Crippen LogP contribution is 2.41. The van der Waals surface area contributed by atoms with Crippen LogP contribution in [-0.4, -0.2) is 35.1 Å². The summed E-state index contributed by atoms with van der Waals surface area (Å²) >= 11 is 8.32. The number of carbonyl (C=O) groups is 2. The quantitative estimate of drug-likeness (QED) is 0.330. The first-order chi connectivity index (χ1) is 15.6. The monoisotopic (exact) mass is 558 g/mol. The molecule has 3 rings (SSSR count). The summed E-state index contributed by atoms with van der Waals surface area (Å²) in [6.07, 6.45) is 0.404. The van der Waals surface area contributed by atoms with Gasteiger partial charge in [0.1, 0.15) is 17.4 Å². The lowest BCUT2D eigenvalue weighted by atomic mass is 10.1. The van der Waals surface area contributed by atoms with Crippen molar-refractivity contribution in [3.63, 3.8) is 0 Å². The maximum atomic E-state index is 12.9. The standard InChI is InChI=1S/C24H26BrClF2N2O4/c1-13(2)30-19(22(32)34-23(3,4)5)12-14-10-15(11-18(25)20(14)30)21(31)29-16-6-8-17(9-7-16)33-24(26,27)28/h6-11,13,19H,12H2,1-5H3,(H,29,31). The molecule has 0 aliphatic carbocycles. The third-order valence-electron chi connectivity index (χ3n) is 4.99. The van der Waals surface area contributed by atoms with E-state index in [-0.39, 0.29) is 17.8 Å². The van der Waals surface area contributed by atoms with Crippen LogP contribution in [0.25, 0.3) is 0 Å². The Morgan fingerprint density at radius 3 is 2.32 bits per heavy atom. The van der Waals surface area contributed by atoms with Gasteiger partial charge in [-0.25, -0.2) is 4.79 Å². The number of fused-ring (bicyclic) bond motifs is 1. The highest BCUT2D eigenvalue weighted by molar-refractivity contribution is 9.10. The SMILES string of the molecule is CC(C)N1c2c(Br)cc(C(=O)Nc3ccc(OC(F)(F)Cl)cc3)cc2CC1C(=O)OC(C)(C)C. The number of halogens is 4. The van der Waals surface area contributed by atoms with Crippen LogP contribution in [0, 0.1) is 0 Å². The number of nitrogens with one attached hydrogen (secondary N) is 1. The van der Waals surface area contributed by atoms with Crippen molar-refractivity contribution in [1.82, 2.24) is 0 Å². The van der Waals surface area contributed by atoms with Crippen LogP contribution in [0.15, 0.2) is 40.9 Å². The predicted molar refractivity (Wildman–Crippen MR) is 131 cm³/mol. The Kier molecular flexibility index (Phi) is 7.48. The van der Waals surface area contributed by atoms with Crippen LogP contribution < -0.4 is 15.0 Å². The predicted octanol–water partition coefficient (Wildman–Crippen LogP) is 6.35. The first kappa shape index (κ1) is 26.2. The summed E-state index contributed by atoms with van der Waals surface area (Å²) in [6.45, 7) is 9.46. The lowest BCUT2D eigenvalue weighted by Gasteiger charge is -2.32. The van der Waals surface area contributed by atoms with E-state index in [9.17, 15) is 18.4 Å². The molecule has 1 unspecified atom stereocenters. The zero-order valence-electron chi connectivity index (χ0n) is 19.4. The van der Waals surface area contributed by atoms with E-state index < -0.39 is 23.1 Å². The van der Waals surface area contributed by atoms with E-state index in [0.29, 0.717) is 22.1 Å². The molecule has 0 radical (unpaired) electrons. The molecule has 0 spiro atoms. The molecule has 0 aromatic heterocycles. The summed E-state index contributed by atoms with van der Waals surface area (Å²) in [7, 11) is 0. The number of alkyl halides is 3. The van der Waals surface area contributed by atoms with Crippen molar-refractivity contribution in [2.24, 2.45) is 0 Å². The third kappa shape index (κ3) is 6.39. The van der Waals surface area contributed by atoms with Gasteiger partial charge < -0.3 is 19.7 Å². The molecule has 184 valence electrons. The fourth-order valence-electron chi connectivity index (χ4n) is 3.82. The highest BCUT2D eigenvalue weighted by atomic mass is 79.9. The Hall–Kier alpha value is -2.39. The average molecular weight is 560 g/mol. The van der Waals surface area contributed by atoms with Crippen molar-refractivity contribution in [2.45, 2.75) is 64.3 Å². The number of esters is 1. The van der Waals surface area contributed by atoms with Gasteiger partial charge >= 0.3 is 11.5 Å². The second-order valence-electron chi connectivity index (χ2n) is 9.25. The smallest absolute Gasteiger partial charge is 0.458 e. The van der Waals surface area contributed by atoms with E-state index in [4.69, 9.17) is 16.3 Å². The van der Waals surface area contributed by atoms with E-state index in [1.165, 1.54) is 24.3 Å². The van der Waals surface area contributed by atoms with E-state index in [0.717, 1.165) is 11.3 Å². The van der Waals surface area contributed by atoms with Crippen molar-refractivity contribution in [3.8, 4) is 5.75 Å². The van der Waals surface area contributed by atoms with Crippen molar-refractivity contribution in [3.05, 3.63) is 52.0 Å². The molecule has 1 atom stereocenters. The van der Waals surface area contributed by atoms with Gasteiger partial charge in [0.25, 0.3) is 5.91 Å². The van der Waals surface area contributed by atoms with Crippen LogP contribution >= 0.6 is 27.5 Å². The number of rotatable bonds is 6. The van der Waals surface area contributed by atoms with E-state index in [2.05, 4.69) is 26.0 Å². The zero-order valence-corrected chi connectivity index (χ0v) is 21.8. The fraction of sp³-hybridized carbons (Fsp3) is 0.417. The Morgan fingerprint density at radius 1 is 1.18 bits per heavy atom. The Balaban J connectivity index is 1.82. The van der Waals surface area contributed by atoms with Crippen LogP contribution in [0.5, 0.6) is 5.75 Å². The van der Waals surface area contributed by atoms with Crippen LogP contribution in [0.2, 0.25) is 0 Å². The van der Waals surface area contributed by atoms with Crippen LogP contribution in [-0.2, 0) is 16.0 Å². The minimum Gasteiger partial charge on any atom is -0.458 e. The minimum absolute atomic E-state index is 0.0239. The number of benzene rings is 2. The molecule has 1 N–H and O–H groups in total. The molecular formula is C24H26BrClF2N2O4. The first-order valence-electron chi connectivity index (χ1n) is 10.7. The molecule has 0 fully saturated rings. The molecule has 0 bridgehead atoms. The largest absolute Gasteiger partial charge is 0.487 e. The number of carbonyl (C=O) groups excluding carboxylic acids is 2. The highest BCUT2D eigenvalue weighted by Gasteiger charge is 2.40. The van der Waals surface area contributed by atoms with Gasteiger partial charge in [0.15, 0.2) is 0 Å². The van der Waals surface area contributed by atoms with Crippen molar-refractivity contribution < 1.29 is 27.8 Å². The van der Waals surface area contributed by atoms with Gasteiger partial charge in [-0.05, 0) is 92.5 Å². The topological polar surface area (TPSA) is 67.9 Å². The molecule has 1 aliphatic heterocycles. The Bertz CT molecular complexity index is 1080. The number of hydrogen-bond donors (Lipinski definition) is 1. The summed E-state index contributed by atoms with van der Waals surface area (Å²) < 4.78 is 36.1. The van der Waals surface area contributed by atoms with E-state index in [1.807, 2.05) is 39.5 Å². The molecule has 10 heteroatoms. The second kappa shape index (κ2) is 9.70. The number of ether oxygens (including phenoxy) is 2. The molecule has 1 aliphatic rings. The normalized spacial score (nSPS) is 15.8. The Labute approximate surface area is 210 Å². The van der Waals surface area contributed by atoms with Crippen molar-refractivity contribution >= 4 is 50.8 Å². The number of hydrogen-bond acceptors (Lipinski definition) is 5. The van der Waals surface area contributed by atoms with Crippen LogP contribution in [0.1, 0.15) is 50.5 Å². The maximum Gasteiger partial charge on any atom is 0.487 e. The van der Waals surface area contributed by atoms with Gasteiger partial charge in [-0.3, -0.25) is 4.79 Å². The van der Waals surface area contributed by atoms with Crippen LogP contribution in [0.3, 0.4) is 0 Å². The Morgan fingerprint density at radius 2 is 1.79 bits per heavy atom. The molecular weight excluding hydrogens is 534 g/mol. The lowest BCUT2D eigenvalue weighted by Crippen LogP contribution is -2.46. The molecule has 34 heavy (non-hydrogen) atoms. The molecule has 6 nitrogen and oxygen atoms in total. The zero-order chi connectivity index (χ0) is 25.4. The van der Waals surface area contributed by atoms with Crippen molar-refractivity contribution in [2.75, 3.05) is 10.2 Å². The third-order valence-corrected chi connectivity index (χ3v) is 5.67. The molecule has 2 aromatic carbocycles. The molecule has 1 heterocycles. The van der Waals surface area contributed by atoms with Gasteiger partial charge in [-0.1, -0.05) is 0 Å². The molecule has 0 saturated heterocycles. The summed E-state index contributed by atoms with van der Waals surface area (Å²) in [4.78, 5) is 27.8. The number of amides is 1. The second-order valence-corrected chi connectivity index (χ2v) is 10.5. The summed E-state index contributed by atoms with van der Waals surface area (Å²) in [6, 6.07) is 8.36. The molecule has 1 amide bonds. The lowest BCUT2D eigenvalue weighted by molar-refractivity contribution is -0.156. The van der Waals surface area contributed by atoms with E-state index >= 15 is 0 Å². The van der Waals surface area contributed by atoms with Gasteiger partial charge in [-0.15, -0.1) is 8.78 Å². The maximum absolute atomic E-state index is 12.9. The number of anilines is 2. The summed E-state index contributed by atoms with van der Waals surface area (Å²) in [5, 5.41) is 2.72. The molecule has 2 aromatic rings. The average Bonchev–Trinajstić information content (AvgIpc) is 3.08. The molecule has 0 saturated carbocycles. The minimum atomic E-state index is -3.82. The van der Waals surface area contributed by atoms with Gasteiger partial charge in [0, 0.05) is 39.8 Å². The van der Waals surface area contributed by atoms with E-state index in [1.54, 1.807) is 12.1 Å². The number of nitrogens with zero attached hydrogens (tertiary/aromatic N) is 1. The summed E-state index contributed by atoms with van der Waals surface area (Å²) in [5.74, 6) is -0.850. The fourth-order valence-corrected chi connectivity index (χ4v) is 4.62. The van der Waals surface area contributed by atoms with Gasteiger partial charge in [0.2, 0.25) is 0 Å². The van der Waals surface area contributed by atoms with Crippen molar-refractivity contribution in [1.29, 1.82) is 0 Å².